The molecule has 2 aliphatic rings. The Kier molecular flexibility index (Phi) is 5.18. The quantitative estimate of drug-likeness (QED) is 0.817. The smallest absolute Gasteiger partial charge is 0.0201 e. The van der Waals surface area contributed by atoms with E-state index in [0.717, 1.165) is 17.3 Å². The fourth-order valence-electron chi connectivity index (χ4n) is 2.70. The van der Waals surface area contributed by atoms with Gasteiger partial charge in [-0.25, -0.2) is 0 Å². The molecule has 0 aromatic heterocycles. The Labute approximate surface area is 103 Å². The fourth-order valence-corrected chi connectivity index (χ4v) is 5.01. The summed E-state index contributed by atoms with van der Waals surface area (Å²) in [5, 5.41) is 4.83. The van der Waals surface area contributed by atoms with E-state index in [9.17, 15) is 0 Å². The maximum atomic E-state index is 3.92. The van der Waals surface area contributed by atoms with Crippen molar-refractivity contribution in [3.63, 3.8) is 0 Å². The molecule has 2 rings (SSSR count). The lowest BCUT2D eigenvalue weighted by molar-refractivity contribution is 0.414. The summed E-state index contributed by atoms with van der Waals surface area (Å²) in [5.74, 6) is 4.02. The van der Waals surface area contributed by atoms with E-state index >= 15 is 0 Å². The van der Waals surface area contributed by atoms with Gasteiger partial charge in [0.2, 0.25) is 0 Å². The van der Waals surface area contributed by atoms with Crippen molar-refractivity contribution in [2.45, 2.75) is 56.4 Å². The fraction of sp³-hybridized carbons (Fsp3) is 1.00. The Morgan fingerprint density at radius 2 is 2.00 bits per heavy atom. The summed E-state index contributed by atoms with van der Waals surface area (Å²) >= 11 is 4.29. The van der Waals surface area contributed by atoms with Crippen molar-refractivity contribution in [3.8, 4) is 0 Å². The molecule has 1 saturated carbocycles. The summed E-state index contributed by atoms with van der Waals surface area (Å²) in [7, 11) is 0. The predicted octanol–water partition coefficient (Wildman–Crippen LogP) is 3.15. The first-order valence-electron chi connectivity index (χ1n) is 6.35. The molecule has 1 heterocycles. The van der Waals surface area contributed by atoms with Crippen molar-refractivity contribution < 1.29 is 0 Å². The molecule has 0 spiro atoms. The molecule has 15 heavy (non-hydrogen) atoms. The molecule has 0 bridgehead atoms. The molecule has 2 fully saturated rings. The van der Waals surface area contributed by atoms with Crippen LogP contribution in [-0.4, -0.2) is 34.6 Å². The summed E-state index contributed by atoms with van der Waals surface area (Å²) in [5.41, 5.74) is 0. The first-order chi connectivity index (χ1) is 7.40. The van der Waals surface area contributed by atoms with Gasteiger partial charge in [0, 0.05) is 17.3 Å². The molecule has 3 heteroatoms. The molecule has 88 valence electrons. The molecule has 0 aromatic rings. The van der Waals surface area contributed by atoms with Crippen molar-refractivity contribution in [2.75, 3.05) is 17.3 Å². The van der Waals surface area contributed by atoms with Gasteiger partial charge < -0.3 is 5.32 Å². The number of thioether (sulfide) groups is 2. The third-order valence-electron chi connectivity index (χ3n) is 3.50. The number of nitrogens with one attached hydrogen (secondary N) is 1. The molecular weight excluding hydrogens is 222 g/mol. The minimum atomic E-state index is 0.822. The lowest BCUT2D eigenvalue weighted by Gasteiger charge is -2.29. The molecule has 2 atom stereocenters. The van der Waals surface area contributed by atoms with E-state index in [-0.39, 0.29) is 0 Å². The molecule has 1 N–H and O–H groups in total. The third-order valence-corrected chi connectivity index (χ3v) is 5.88. The molecule has 1 aliphatic carbocycles. The molecule has 0 amide bonds. The highest BCUT2D eigenvalue weighted by atomic mass is 32.2. The van der Waals surface area contributed by atoms with Gasteiger partial charge in [0.25, 0.3) is 0 Å². The normalized spacial score (nSPS) is 33.4. The van der Waals surface area contributed by atoms with Crippen molar-refractivity contribution in [3.05, 3.63) is 0 Å². The average Bonchev–Trinajstić information content (AvgIpc) is 2.68. The van der Waals surface area contributed by atoms with E-state index in [0.29, 0.717) is 0 Å². The van der Waals surface area contributed by atoms with Crippen molar-refractivity contribution in [1.82, 2.24) is 5.32 Å². The van der Waals surface area contributed by atoms with E-state index in [2.05, 4.69) is 35.8 Å². The molecule has 1 saturated heterocycles. The zero-order chi connectivity index (χ0) is 10.5. The molecule has 0 radical (unpaired) electrons. The van der Waals surface area contributed by atoms with Crippen LogP contribution < -0.4 is 5.32 Å². The minimum absolute atomic E-state index is 0.822. The Balaban J connectivity index is 1.76. The summed E-state index contributed by atoms with van der Waals surface area (Å²) in [6.07, 6.45) is 7.09. The van der Waals surface area contributed by atoms with Gasteiger partial charge in [-0.2, -0.15) is 23.5 Å². The zero-order valence-electron chi connectivity index (χ0n) is 9.71. The summed E-state index contributed by atoms with van der Waals surface area (Å²) in [6, 6.07) is 1.65. The van der Waals surface area contributed by atoms with Gasteiger partial charge in [-0.05, 0) is 42.9 Å². The van der Waals surface area contributed by atoms with Gasteiger partial charge in [-0.3, -0.25) is 0 Å². The largest absolute Gasteiger partial charge is 0.310 e. The first-order valence-corrected chi connectivity index (χ1v) is 8.56. The van der Waals surface area contributed by atoms with Gasteiger partial charge in [-0.1, -0.05) is 13.3 Å². The van der Waals surface area contributed by atoms with Crippen LogP contribution in [0.3, 0.4) is 0 Å². The van der Waals surface area contributed by atoms with E-state index in [1.807, 2.05) is 0 Å². The van der Waals surface area contributed by atoms with Gasteiger partial charge in [0.1, 0.15) is 0 Å². The molecular formula is C12H23NS2. The lowest BCUT2D eigenvalue weighted by Crippen LogP contribution is -2.43. The maximum absolute atomic E-state index is 3.92. The van der Waals surface area contributed by atoms with Crippen LogP contribution in [-0.2, 0) is 0 Å². The Morgan fingerprint density at radius 1 is 1.20 bits per heavy atom. The minimum Gasteiger partial charge on any atom is -0.310 e. The van der Waals surface area contributed by atoms with Crippen LogP contribution in [0.25, 0.3) is 0 Å². The van der Waals surface area contributed by atoms with E-state index in [4.69, 9.17) is 0 Å². The summed E-state index contributed by atoms with van der Waals surface area (Å²) < 4.78 is 0. The molecule has 2 unspecified atom stereocenters. The first kappa shape index (κ1) is 12.1. The van der Waals surface area contributed by atoms with Crippen molar-refractivity contribution in [1.29, 1.82) is 0 Å². The molecule has 1 nitrogen and oxygen atoms in total. The van der Waals surface area contributed by atoms with Crippen LogP contribution in [0.2, 0.25) is 0 Å². The SMILES string of the molecule is CCSC1CCCC1NC1CCSCC1. The highest BCUT2D eigenvalue weighted by Crippen LogP contribution is 2.31. The third kappa shape index (κ3) is 3.57. The number of hydrogen-bond donors (Lipinski definition) is 1. The maximum Gasteiger partial charge on any atom is 0.0201 e. The van der Waals surface area contributed by atoms with Gasteiger partial charge >= 0.3 is 0 Å². The zero-order valence-corrected chi connectivity index (χ0v) is 11.3. The monoisotopic (exact) mass is 245 g/mol. The second-order valence-electron chi connectivity index (χ2n) is 4.58. The van der Waals surface area contributed by atoms with Gasteiger partial charge in [-0.15, -0.1) is 0 Å². The number of hydrogen-bond acceptors (Lipinski definition) is 3. The van der Waals surface area contributed by atoms with Gasteiger partial charge in [0.05, 0.1) is 0 Å². The molecule has 0 aromatic carbocycles. The standard InChI is InChI=1S/C12H23NS2/c1-2-15-12-5-3-4-11(12)13-10-6-8-14-9-7-10/h10-13H,2-9H2,1H3. The van der Waals surface area contributed by atoms with Crippen LogP contribution >= 0.6 is 23.5 Å². The predicted molar refractivity (Wildman–Crippen MR) is 73.0 cm³/mol. The summed E-state index contributed by atoms with van der Waals surface area (Å²) in [4.78, 5) is 0. The second kappa shape index (κ2) is 6.41. The van der Waals surface area contributed by atoms with Crippen molar-refractivity contribution in [2.24, 2.45) is 0 Å². The average molecular weight is 245 g/mol. The highest BCUT2D eigenvalue weighted by Gasteiger charge is 2.29. The Bertz CT molecular complexity index is 180. The van der Waals surface area contributed by atoms with Crippen LogP contribution in [0.4, 0.5) is 0 Å². The van der Waals surface area contributed by atoms with Crippen LogP contribution in [0, 0.1) is 0 Å². The Morgan fingerprint density at radius 3 is 2.73 bits per heavy atom. The molecule has 1 aliphatic heterocycles. The van der Waals surface area contributed by atoms with E-state index < -0.39 is 0 Å². The van der Waals surface area contributed by atoms with Crippen LogP contribution in [0.1, 0.15) is 39.0 Å². The number of rotatable bonds is 4. The van der Waals surface area contributed by atoms with E-state index in [1.165, 1.54) is 49.4 Å². The Hall–Kier alpha value is 0.660. The van der Waals surface area contributed by atoms with Crippen LogP contribution in [0.5, 0.6) is 0 Å². The topological polar surface area (TPSA) is 12.0 Å². The summed E-state index contributed by atoms with van der Waals surface area (Å²) in [6.45, 7) is 2.29. The van der Waals surface area contributed by atoms with Gasteiger partial charge in [0.15, 0.2) is 0 Å². The van der Waals surface area contributed by atoms with Crippen molar-refractivity contribution >= 4 is 23.5 Å². The van der Waals surface area contributed by atoms with E-state index in [1.54, 1.807) is 0 Å². The lowest BCUT2D eigenvalue weighted by atomic mass is 10.1. The highest BCUT2D eigenvalue weighted by molar-refractivity contribution is 8.00. The van der Waals surface area contributed by atoms with Crippen LogP contribution in [0.15, 0.2) is 0 Å². The second-order valence-corrected chi connectivity index (χ2v) is 7.33.